The third-order valence-corrected chi connectivity index (χ3v) is 5.83. The van der Waals surface area contributed by atoms with Crippen LogP contribution in [0.2, 0.25) is 0 Å². The molecule has 154 valence electrons. The van der Waals surface area contributed by atoms with Crippen molar-refractivity contribution in [3.63, 3.8) is 0 Å². The number of benzene rings is 2. The summed E-state index contributed by atoms with van der Waals surface area (Å²) in [4.78, 5) is 26.5. The molecule has 0 amide bonds. The third kappa shape index (κ3) is 3.12. The lowest BCUT2D eigenvalue weighted by molar-refractivity contribution is 0.0505. The van der Waals surface area contributed by atoms with E-state index in [1.165, 1.54) is 0 Å². The van der Waals surface area contributed by atoms with Crippen molar-refractivity contribution in [3.05, 3.63) is 69.1 Å². The zero-order chi connectivity index (χ0) is 20.7. The largest absolute Gasteiger partial charge is 0.473 e. The van der Waals surface area contributed by atoms with Crippen LogP contribution in [0.3, 0.4) is 0 Å². The summed E-state index contributed by atoms with van der Waals surface area (Å²) in [6.07, 6.45) is 3.49. The van der Waals surface area contributed by atoms with Crippen LogP contribution < -0.4 is 15.3 Å². The van der Waals surface area contributed by atoms with Crippen LogP contribution in [0, 0.1) is 0 Å². The van der Waals surface area contributed by atoms with Gasteiger partial charge in [0.15, 0.2) is 6.73 Å². The summed E-state index contributed by atoms with van der Waals surface area (Å²) in [6, 6.07) is 11.3. The highest BCUT2D eigenvalue weighted by Gasteiger charge is 2.26. The van der Waals surface area contributed by atoms with Crippen molar-refractivity contribution >= 4 is 22.6 Å². The molecule has 6 nitrogen and oxygen atoms in total. The summed E-state index contributed by atoms with van der Waals surface area (Å²) in [7, 11) is 0. The summed E-state index contributed by atoms with van der Waals surface area (Å²) in [6.45, 7) is 3.32. The average molecular weight is 405 g/mol. The van der Waals surface area contributed by atoms with E-state index >= 15 is 0 Å². The Morgan fingerprint density at radius 3 is 2.67 bits per heavy atom. The van der Waals surface area contributed by atoms with Gasteiger partial charge < -0.3 is 18.8 Å². The van der Waals surface area contributed by atoms with Crippen LogP contribution in [0.4, 0.5) is 5.69 Å². The fourth-order valence-electron chi connectivity index (χ4n) is 4.31. The Morgan fingerprint density at radius 1 is 1.07 bits per heavy atom. The summed E-state index contributed by atoms with van der Waals surface area (Å²) in [5, 5.41) is 1.01. The Balaban J connectivity index is 1.46. The van der Waals surface area contributed by atoms with E-state index in [0.717, 1.165) is 59.2 Å². The molecule has 0 N–H and O–H groups in total. The highest BCUT2D eigenvalue weighted by atomic mass is 16.5. The second-order valence-corrected chi connectivity index (χ2v) is 7.77. The molecular formula is C24H23NO5. The van der Waals surface area contributed by atoms with Gasteiger partial charge in [0.2, 0.25) is 0 Å². The van der Waals surface area contributed by atoms with Crippen LogP contribution in [-0.4, -0.2) is 19.3 Å². The van der Waals surface area contributed by atoms with E-state index in [1.807, 2.05) is 31.2 Å². The zero-order valence-corrected chi connectivity index (χ0v) is 16.9. The van der Waals surface area contributed by atoms with Gasteiger partial charge in [0.05, 0.1) is 24.3 Å². The normalized spacial score (nSPS) is 14.9. The Bertz CT molecular complexity index is 1180. The smallest absolute Gasteiger partial charge is 0.339 e. The molecule has 5 rings (SSSR count). The van der Waals surface area contributed by atoms with Crippen molar-refractivity contribution in [1.82, 2.24) is 0 Å². The van der Waals surface area contributed by atoms with Gasteiger partial charge in [-0.2, -0.15) is 0 Å². The van der Waals surface area contributed by atoms with Crippen LogP contribution in [0.5, 0.6) is 5.75 Å². The van der Waals surface area contributed by atoms with E-state index < -0.39 is 0 Å². The Hall–Kier alpha value is -3.28. The Kier molecular flexibility index (Phi) is 4.69. The van der Waals surface area contributed by atoms with Gasteiger partial charge in [-0.25, -0.2) is 9.59 Å². The molecule has 0 saturated carbocycles. The topological polar surface area (TPSA) is 69.0 Å². The number of anilines is 1. The highest BCUT2D eigenvalue weighted by molar-refractivity contribution is 5.90. The minimum Gasteiger partial charge on any atom is -0.473 e. The van der Waals surface area contributed by atoms with E-state index in [2.05, 4.69) is 4.90 Å². The number of rotatable bonds is 4. The molecule has 3 aromatic rings. The van der Waals surface area contributed by atoms with Crippen LogP contribution in [-0.2, 0) is 24.1 Å². The summed E-state index contributed by atoms with van der Waals surface area (Å²) in [5.41, 5.74) is 4.68. The number of carbonyl (C=O) groups excluding carboxylic acids is 1. The molecule has 1 aliphatic heterocycles. The molecule has 0 radical (unpaired) electrons. The molecule has 0 bridgehead atoms. The minimum atomic E-state index is -0.315. The highest BCUT2D eigenvalue weighted by Crippen LogP contribution is 2.37. The standard InChI is InChI=1S/C24H23NO5/c1-2-12-28-23(26)15-6-8-16(9-7-15)25-13-20-21(29-14-25)11-10-18-17-4-3-5-19(17)24(27)30-22(18)20/h6-11H,2-5,12-14H2,1H3. The van der Waals surface area contributed by atoms with Gasteiger partial charge in [0.25, 0.3) is 0 Å². The molecule has 6 heteroatoms. The average Bonchev–Trinajstić information content (AvgIpc) is 3.28. The van der Waals surface area contributed by atoms with Crippen molar-refractivity contribution in [2.75, 3.05) is 18.2 Å². The number of aryl methyl sites for hydroxylation is 1. The van der Waals surface area contributed by atoms with Gasteiger partial charge in [-0.3, -0.25) is 0 Å². The third-order valence-electron chi connectivity index (χ3n) is 5.83. The van der Waals surface area contributed by atoms with E-state index in [1.54, 1.807) is 12.1 Å². The maximum atomic E-state index is 12.5. The molecule has 0 fully saturated rings. The predicted octanol–water partition coefficient (Wildman–Crippen LogP) is 4.21. The number of nitrogens with zero attached hydrogens (tertiary/aromatic N) is 1. The first-order valence-electron chi connectivity index (χ1n) is 10.4. The number of hydrogen-bond acceptors (Lipinski definition) is 6. The Morgan fingerprint density at radius 2 is 1.87 bits per heavy atom. The number of ether oxygens (including phenoxy) is 2. The molecule has 0 atom stereocenters. The van der Waals surface area contributed by atoms with Crippen molar-refractivity contribution in [2.45, 2.75) is 39.2 Å². The first kappa shape index (κ1) is 18.7. The first-order chi connectivity index (χ1) is 14.7. The van der Waals surface area contributed by atoms with Crippen molar-refractivity contribution in [3.8, 4) is 5.75 Å². The molecule has 2 aliphatic rings. The van der Waals surface area contributed by atoms with Crippen LogP contribution in [0.15, 0.2) is 45.6 Å². The lowest BCUT2D eigenvalue weighted by Gasteiger charge is -2.31. The molecular weight excluding hydrogens is 382 g/mol. The fraction of sp³-hybridized carbons (Fsp3) is 0.333. The van der Waals surface area contributed by atoms with Crippen molar-refractivity contribution < 1.29 is 18.7 Å². The SMILES string of the molecule is CCCOC(=O)c1ccc(N2COc3ccc4c5c(c(=O)oc4c3C2)CCC5)cc1. The van der Waals surface area contributed by atoms with Crippen LogP contribution in [0.1, 0.15) is 46.8 Å². The van der Waals surface area contributed by atoms with E-state index in [0.29, 0.717) is 31.0 Å². The molecule has 0 unspecified atom stereocenters. The second-order valence-electron chi connectivity index (χ2n) is 7.77. The van der Waals surface area contributed by atoms with Gasteiger partial charge in [0, 0.05) is 16.6 Å². The fourth-order valence-corrected chi connectivity index (χ4v) is 4.31. The quantitative estimate of drug-likeness (QED) is 0.479. The number of hydrogen-bond donors (Lipinski definition) is 0. The molecule has 1 aliphatic carbocycles. The van der Waals surface area contributed by atoms with Crippen LogP contribution in [0.25, 0.3) is 11.0 Å². The number of fused-ring (bicyclic) bond motifs is 5. The summed E-state index contributed by atoms with van der Waals surface area (Å²) >= 11 is 0. The minimum absolute atomic E-state index is 0.226. The molecule has 0 saturated heterocycles. The maximum absolute atomic E-state index is 12.5. The molecule has 0 spiro atoms. The summed E-state index contributed by atoms with van der Waals surface area (Å²) in [5.74, 6) is 0.435. The van der Waals surface area contributed by atoms with Gasteiger partial charge in [0.1, 0.15) is 11.3 Å². The number of carbonyl (C=O) groups is 1. The monoisotopic (exact) mass is 405 g/mol. The van der Waals surface area contributed by atoms with Gasteiger partial charge in [-0.05, 0) is 67.6 Å². The lowest BCUT2D eigenvalue weighted by atomic mass is 10.0. The second kappa shape index (κ2) is 7.52. The molecule has 30 heavy (non-hydrogen) atoms. The van der Waals surface area contributed by atoms with Gasteiger partial charge in [-0.1, -0.05) is 6.92 Å². The molecule has 2 heterocycles. The van der Waals surface area contributed by atoms with Gasteiger partial charge >= 0.3 is 11.6 Å². The zero-order valence-electron chi connectivity index (χ0n) is 16.9. The van der Waals surface area contributed by atoms with E-state index in [9.17, 15) is 9.59 Å². The maximum Gasteiger partial charge on any atom is 0.339 e. The number of esters is 1. The molecule has 2 aromatic carbocycles. The lowest BCUT2D eigenvalue weighted by Crippen LogP contribution is -2.32. The van der Waals surface area contributed by atoms with Crippen molar-refractivity contribution in [1.29, 1.82) is 0 Å². The van der Waals surface area contributed by atoms with E-state index in [4.69, 9.17) is 13.9 Å². The van der Waals surface area contributed by atoms with Gasteiger partial charge in [-0.15, -0.1) is 0 Å². The summed E-state index contributed by atoms with van der Waals surface area (Å²) < 4.78 is 16.9. The van der Waals surface area contributed by atoms with Crippen molar-refractivity contribution in [2.24, 2.45) is 0 Å². The predicted molar refractivity (Wildman–Crippen MR) is 113 cm³/mol. The molecule has 1 aromatic heterocycles. The Labute approximate surface area is 174 Å². The van der Waals surface area contributed by atoms with Crippen LogP contribution >= 0.6 is 0 Å². The first-order valence-corrected chi connectivity index (χ1v) is 10.4. The van der Waals surface area contributed by atoms with E-state index in [-0.39, 0.29) is 11.6 Å².